The third kappa shape index (κ3) is 5.03. The molecule has 0 heterocycles. The van der Waals surface area contributed by atoms with E-state index in [0.717, 1.165) is 0 Å². The Morgan fingerprint density at radius 1 is 1.88 bits per heavy atom. The van der Waals surface area contributed by atoms with Gasteiger partial charge in [0.2, 0.25) is 0 Å². The van der Waals surface area contributed by atoms with Gasteiger partial charge in [0.1, 0.15) is 6.04 Å². The van der Waals surface area contributed by atoms with Crippen molar-refractivity contribution in [2.75, 3.05) is 5.75 Å². The molecule has 0 bridgehead atoms. The average molecular weight is 210 g/mol. The number of hydrogen-bond donors (Lipinski definition) is 3. The number of carboxylic acids is 1. The van der Waals surface area contributed by atoms with Crippen LogP contribution in [0.4, 0.5) is 0 Å². The van der Waals surface area contributed by atoms with Gasteiger partial charge in [0.05, 0.1) is 0 Å². The van der Waals surface area contributed by atoms with Gasteiger partial charge in [-0.2, -0.15) is 12.6 Å². The molecule has 45 valence electrons. The van der Waals surface area contributed by atoms with E-state index in [1.165, 1.54) is 0 Å². The summed E-state index contributed by atoms with van der Waals surface area (Å²) in [5.41, 5.74) is 4.94. The molecule has 0 saturated heterocycles. The minimum absolute atomic E-state index is 0. The maximum atomic E-state index is 9.76. The summed E-state index contributed by atoms with van der Waals surface area (Å²) in [4.78, 5) is 9.76. The van der Waals surface area contributed by atoms with Gasteiger partial charge in [0.25, 0.3) is 0 Å². The molecule has 5 heteroatoms. The Bertz CT molecular complexity index is 79.7. The van der Waals surface area contributed by atoms with Gasteiger partial charge in [-0.25, -0.2) is 0 Å². The summed E-state index contributed by atoms with van der Waals surface area (Å²) < 4.78 is 0. The Hall–Kier alpha value is 0.884. The number of carbonyl (C=O) groups is 1. The van der Waals surface area contributed by atoms with E-state index in [0.29, 0.717) is 0 Å². The van der Waals surface area contributed by atoms with Crippen LogP contribution in [-0.4, -0.2) is 22.9 Å². The largest absolute Gasteiger partial charge is 0.480 e. The van der Waals surface area contributed by atoms with Crippen LogP contribution in [-0.2, 0) is 37.5 Å². The van der Waals surface area contributed by atoms with Crippen LogP contribution in [0.25, 0.3) is 0 Å². The summed E-state index contributed by atoms with van der Waals surface area (Å²) >= 11 is 3.65. The molecule has 0 fully saturated rings. The molecule has 3 nitrogen and oxygen atoms in total. The van der Waals surface area contributed by atoms with E-state index in [-0.39, 0.29) is 38.5 Å². The van der Waals surface area contributed by atoms with Gasteiger partial charge in [-0.3, -0.25) is 4.79 Å². The molecule has 0 saturated carbocycles. The van der Waals surface area contributed by atoms with E-state index in [1.807, 2.05) is 0 Å². The quantitative estimate of drug-likeness (QED) is 0.529. The standard InChI is InChI=1S/C3H7NO2S.Y/c4-2(1-7)3(5)6;/h2,7H,1,4H2,(H,5,6);/t2-;/m0./s1. The first-order valence-electron chi connectivity index (χ1n) is 1.77. The molecule has 0 spiro atoms. The van der Waals surface area contributed by atoms with Gasteiger partial charge in [-0.1, -0.05) is 0 Å². The Morgan fingerprint density at radius 2 is 2.25 bits per heavy atom. The van der Waals surface area contributed by atoms with Gasteiger partial charge < -0.3 is 10.8 Å². The molecular formula is C3H7NO2SY. The maximum Gasteiger partial charge on any atom is 0.321 e. The first kappa shape index (κ1) is 11.7. The summed E-state index contributed by atoms with van der Waals surface area (Å²) in [7, 11) is 0. The first-order chi connectivity index (χ1) is 3.18. The normalized spacial score (nSPS) is 11.8. The molecule has 0 aliphatic carbocycles. The molecule has 0 rings (SSSR count). The zero-order chi connectivity index (χ0) is 5.86. The third-order valence-corrected chi connectivity index (χ3v) is 0.907. The molecule has 0 aromatic carbocycles. The Labute approximate surface area is 78.3 Å². The van der Waals surface area contributed by atoms with Crippen molar-refractivity contribution < 1.29 is 42.6 Å². The number of nitrogens with two attached hydrogens (primary N) is 1. The van der Waals surface area contributed by atoms with Crippen LogP contribution in [0.15, 0.2) is 0 Å². The van der Waals surface area contributed by atoms with Crippen LogP contribution in [0.5, 0.6) is 0 Å². The van der Waals surface area contributed by atoms with Crippen molar-refractivity contribution in [1.29, 1.82) is 0 Å². The molecule has 0 aliphatic rings. The molecule has 0 aromatic rings. The second-order valence-corrected chi connectivity index (χ2v) is 1.49. The Morgan fingerprint density at radius 3 is 2.25 bits per heavy atom. The Kier molecular flexibility index (Phi) is 8.75. The average Bonchev–Trinajstić information content (AvgIpc) is 1.65. The smallest absolute Gasteiger partial charge is 0.321 e. The molecule has 0 aliphatic heterocycles. The van der Waals surface area contributed by atoms with Crippen LogP contribution < -0.4 is 5.73 Å². The first-order valence-corrected chi connectivity index (χ1v) is 2.41. The van der Waals surface area contributed by atoms with E-state index < -0.39 is 12.0 Å². The summed E-state index contributed by atoms with van der Waals surface area (Å²) in [5.74, 6) is -0.815. The van der Waals surface area contributed by atoms with E-state index >= 15 is 0 Å². The van der Waals surface area contributed by atoms with Crippen LogP contribution in [0.2, 0.25) is 0 Å². The molecule has 1 atom stereocenters. The Balaban J connectivity index is 0. The molecule has 3 N–H and O–H groups in total. The van der Waals surface area contributed by atoms with Gasteiger partial charge in [-0.05, 0) is 0 Å². The van der Waals surface area contributed by atoms with E-state index in [4.69, 9.17) is 10.8 Å². The zero-order valence-corrected chi connectivity index (χ0v) is 7.97. The van der Waals surface area contributed by atoms with Gasteiger partial charge >= 0.3 is 5.97 Å². The predicted molar refractivity (Wildman–Crippen MR) is 29.5 cm³/mol. The molecule has 1 radical (unpaired) electrons. The molecule has 8 heavy (non-hydrogen) atoms. The van der Waals surface area contributed by atoms with Crippen LogP contribution in [0.1, 0.15) is 0 Å². The van der Waals surface area contributed by atoms with Crippen LogP contribution >= 0.6 is 12.6 Å². The maximum absolute atomic E-state index is 9.76. The van der Waals surface area contributed by atoms with Gasteiger partial charge in [0.15, 0.2) is 0 Å². The van der Waals surface area contributed by atoms with Crippen LogP contribution in [0.3, 0.4) is 0 Å². The van der Waals surface area contributed by atoms with Crippen molar-refractivity contribution in [2.24, 2.45) is 5.73 Å². The summed E-state index contributed by atoms with van der Waals surface area (Å²) in [6, 6.07) is -0.816. The summed E-state index contributed by atoms with van der Waals surface area (Å²) in [6.45, 7) is 0. The van der Waals surface area contributed by atoms with Gasteiger partial charge in [-0.15, -0.1) is 0 Å². The summed E-state index contributed by atoms with van der Waals surface area (Å²) in [6.07, 6.45) is 0. The predicted octanol–water partition coefficient (Wildman–Crippen LogP) is -0.674. The van der Waals surface area contributed by atoms with Crippen molar-refractivity contribution >= 4 is 18.6 Å². The van der Waals surface area contributed by atoms with E-state index in [1.54, 1.807) is 0 Å². The molecule has 0 amide bonds. The number of rotatable bonds is 2. The zero-order valence-electron chi connectivity index (χ0n) is 4.24. The van der Waals surface area contributed by atoms with Crippen molar-refractivity contribution in [1.82, 2.24) is 0 Å². The van der Waals surface area contributed by atoms with Crippen molar-refractivity contribution in [2.45, 2.75) is 6.04 Å². The fourth-order valence-electron chi connectivity index (χ4n) is 0.0781. The number of carboxylic acid groups (broad SMARTS) is 1. The number of hydrogen-bond acceptors (Lipinski definition) is 3. The van der Waals surface area contributed by atoms with Crippen LogP contribution in [0, 0.1) is 0 Å². The fourth-order valence-corrected chi connectivity index (χ4v) is 0.234. The second-order valence-electron chi connectivity index (χ2n) is 1.13. The number of aliphatic carboxylic acids is 1. The molecule has 0 aromatic heterocycles. The van der Waals surface area contributed by atoms with E-state index in [2.05, 4.69) is 12.6 Å². The third-order valence-electron chi connectivity index (χ3n) is 0.514. The fraction of sp³-hybridized carbons (Fsp3) is 0.667. The van der Waals surface area contributed by atoms with Gasteiger partial charge in [0, 0.05) is 38.5 Å². The molecule has 0 unspecified atom stereocenters. The monoisotopic (exact) mass is 210 g/mol. The molecular weight excluding hydrogens is 203 g/mol. The minimum atomic E-state index is -1.00. The number of thiol groups is 1. The van der Waals surface area contributed by atoms with Crippen molar-refractivity contribution in [3.05, 3.63) is 0 Å². The SMILES string of the molecule is N[C@@H](CS)C(=O)O.[Y]. The van der Waals surface area contributed by atoms with Crippen molar-refractivity contribution in [3.63, 3.8) is 0 Å². The van der Waals surface area contributed by atoms with E-state index in [9.17, 15) is 4.79 Å². The summed E-state index contributed by atoms with van der Waals surface area (Å²) in [5, 5.41) is 8.01. The van der Waals surface area contributed by atoms with Crippen molar-refractivity contribution in [3.8, 4) is 0 Å². The minimum Gasteiger partial charge on any atom is -0.480 e. The topological polar surface area (TPSA) is 63.3 Å². The second kappa shape index (κ2) is 6.01.